The third kappa shape index (κ3) is 61.3. The molecule has 1 amide bonds. The van der Waals surface area contributed by atoms with E-state index in [0.29, 0.717) is 19.4 Å². The van der Waals surface area contributed by atoms with Gasteiger partial charge < -0.3 is 20.3 Å². The van der Waals surface area contributed by atoms with Crippen LogP contribution in [0.2, 0.25) is 0 Å². The fraction of sp³-hybridized carbons (Fsp3) is 0.886. The molecule has 0 aliphatic rings. The highest BCUT2D eigenvalue weighted by molar-refractivity contribution is 5.76. The Hall–Kier alpha value is -1.92. The summed E-state index contributed by atoms with van der Waals surface area (Å²) < 4.78 is 5.50. The molecule has 0 aliphatic heterocycles. The van der Waals surface area contributed by atoms with E-state index in [-0.39, 0.29) is 18.5 Å². The van der Waals surface area contributed by atoms with Crippen molar-refractivity contribution in [2.24, 2.45) is 0 Å². The van der Waals surface area contributed by atoms with Crippen LogP contribution in [0, 0.1) is 0 Å². The van der Waals surface area contributed by atoms with Gasteiger partial charge in [-0.25, -0.2) is 0 Å². The van der Waals surface area contributed by atoms with E-state index in [1.54, 1.807) is 6.08 Å². The number of unbranched alkanes of at least 4 members (excludes halogenated alkanes) is 49. The van der Waals surface area contributed by atoms with E-state index in [0.717, 1.165) is 51.4 Å². The molecule has 0 spiro atoms. The summed E-state index contributed by atoms with van der Waals surface area (Å²) in [6, 6.07) is -0.634. The molecule has 2 unspecified atom stereocenters. The van der Waals surface area contributed by atoms with Crippen molar-refractivity contribution in [1.82, 2.24) is 5.32 Å². The number of nitrogens with one attached hydrogen (secondary N) is 1. The maximum atomic E-state index is 12.5. The van der Waals surface area contributed by atoms with Crippen LogP contribution in [0.1, 0.15) is 373 Å². The predicted octanol–water partition coefficient (Wildman–Crippen LogP) is 21.9. The Morgan fingerprint density at radius 1 is 0.368 bits per heavy atom. The molecule has 0 saturated heterocycles. The average Bonchev–Trinajstić information content (AvgIpc) is 3.42. The summed E-state index contributed by atoms with van der Waals surface area (Å²) in [5.41, 5.74) is 0. The molecule has 0 aliphatic carbocycles. The van der Waals surface area contributed by atoms with Crippen molar-refractivity contribution in [3.05, 3.63) is 36.5 Å². The maximum absolute atomic E-state index is 12.5. The van der Waals surface area contributed by atoms with Crippen molar-refractivity contribution in [2.75, 3.05) is 13.2 Å². The smallest absolute Gasteiger partial charge is 0.305 e. The van der Waals surface area contributed by atoms with Crippen LogP contribution in [-0.4, -0.2) is 47.4 Å². The van der Waals surface area contributed by atoms with Gasteiger partial charge in [0.15, 0.2) is 0 Å². The standard InChI is InChI=1S/C70H133NO5/c1-3-5-7-9-11-13-15-17-19-21-23-24-25-26-28-30-34-38-42-46-50-54-58-62-68(73)67(66-72)71-69(74)63-59-55-51-47-43-39-35-31-29-33-37-41-45-49-53-57-61-65-76-70(75)64-60-56-52-48-44-40-36-32-27-22-20-18-16-14-12-10-8-6-4-2/h12,14,18,20,58,62,67-68,72-73H,3-11,13,15-17,19,21-57,59-61,63-66H2,1-2H3,(H,71,74)/b14-12-,20-18-,62-58+. The molecular formula is C70H133NO5. The van der Waals surface area contributed by atoms with Gasteiger partial charge in [0.05, 0.1) is 25.4 Å². The van der Waals surface area contributed by atoms with Crippen LogP contribution in [0.3, 0.4) is 0 Å². The second-order valence-electron chi connectivity index (χ2n) is 23.5. The molecule has 6 heteroatoms. The van der Waals surface area contributed by atoms with Gasteiger partial charge in [-0.05, 0) is 64.2 Å². The Morgan fingerprint density at radius 2 is 0.658 bits per heavy atom. The van der Waals surface area contributed by atoms with Gasteiger partial charge in [0.1, 0.15) is 0 Å². The Labute approximate surface area is 474 Å². The summed E-state index contributed by atoms with van der Waals surface area (Å²) in [7, 11) is 0. The molecule has 448 valence electrons. The summed E-state index contributed by atoms with van der Waals surface area (Å²) in [5, 5.41) is 23.3. The Balaban J connectivity index is 3.43. The maximum Gasteiger partial charge on any atom is 0.305 e. The van der Waals surface area contributed by atoms with Gasteiger partial charge in [-0.2, -0.15) is 0 Å². The Bertz CT molecular complexity index is 1230. The minimum atomic E-state index is -0.850. The number of amides is 1. The number of hydrogen-bond acceptors (Lipinski definition) is 5. The highest BCUT2D eigenvalue weighted by Gasteiger charge is 2.18. The highest BCUT2D eigenvalue weighted by atomic mass is 16.5. The SMILES string of the molecule is CCCCC/C=C\C/C=C\CCCCCCCCCCCC(=O)OCCCCCCCCCCCCCCCCCCCC(=O)NC(CO)C(O)/C=C/CCCCCCCCCCCCCCCCCCCCCCC. The molecule has 0 aromatic carbocycles. The largest absolute Gasteiger partial charge is 0.466 e. The van der Waals surface area contributed by atoms with Crippen LogP contribution in [0.25, 0.3) is 0 Å². The number of hydrogen-bond donors (Lipinski definition) is 3. The van der Waals surface area contributed by atoms with E-state index in [2.05, 4.69) is 43.5 Å². The predicted molar refractivity (Wildman–Crippen MR) is 333 cm³/mol. The third-order valence-corrected chi connectivity index (χ3v) is 15.9. The lowest BCUT2D eigenvalue weighted by Gasteiger charge is -2.20. The zero-order valence-electron chi connectivity index (χ0n) is 51.3. The summed E-state index contributed by atoms with van der Waals surface area (Å²) in [6.07, 6.45) is 83.4. The average molecular weight is 1070 g/mol. The highest BCUT2D eigenvalue weighted by Crippen LogP contribution is 2.18. The summed E-state index contributed by atoms with van der Waals surface area (Å²) in [6.45, 7) is 4.90. The topological polar surface area (TPSA) is 95.9 Å². The van der Waals surface area contributed by atoms with Gasteiger partial charge in [0.25, 0.3) is 0 Å². The third-order valence-electron chi connectivity index (χ3n) is 15.9. The molecule has 6 nitrogen and oxygen atoms in total. The van der Waals surface area contributed by atoms with Crippen molar-refractivity contribution >= 4 is 11.9 Å². The lowest BCUT2D eigenvalue weighted by atomic mass is 10.0. The van der Waals surface area contributed by atoms with E-state index in [1.807, 2.05) is 6.08 Å². The van der Waals surface area contributed by atoms with Gasteiger partial charge in [-0.3, -0.25) is 9.59 Å². The summed E-state index contributed by atoms with van der Waals surface area (Å²) >= 11 is 0. The molecule has 0 heterocycles. The molecular weight excluding hydrogens is 935 g/mol. The first kappa shape index (κ1) is 74.1. The van der Waals surface area contributed by atoms with Crippen LogP contribution in [-0.2, 0) is 14.3 Å². The molecule has 0 rings (SSSR count). The van der Waals surface area contributed by atoms with Crippen LogP contribution in [0.4, 0.5) is 0 Å². The molecule has 76 heavy (non-hydrogen) atoms. The summed E-state index contributed by atoms with van der Waals surface area (Å²) in [5.74, 6) is -0.0683. The lowest BCUT2D eigenvalue weighted by Crippen LogP contribution is -2.45. The lowest BCUT2D eigenvalue weighted by molar-refractivity contribution is -0.143. The Kier molecular flexibility index (Phi) is 63.9. The number of allylic oxidation sites excluding steroid dienone is 5. The van der Waals surface area contributed by atoms with Crippen molar-refractivity contribution in [1.29, 1.82) is 0 Å². The minimum absolute atomic E-state index is 0.00144. The molecule has 0 fully saturated rings. The van der Waals surface area contributed by atoms with E-state index >= 15 is 0 Å². The molecule has 0 radical (unpaired) electrons. The minimum Gasteiger partial charge on any atom is -0.466 e. The van der Waals surface area contributed by atoms with Crippen LogP contribution in [0.15, 0.2) is 36.5 Å². The van der Waals surface area contributed by atoms with E-state index in [9.17, 15) is 19.8 Å². The van der Waals surface area contributed by atoms with Gasteiger partial charge >= 0.3 is 5.97 Å². The van der Waals surface area contributed by atoms with E-state index < -0.39 is 12.1 Å². The molecule has 0 bridgehead atoms. The van der Waals surface area contributed by atoms with E-state index in [4.69, 9.17) is 4.74 Å². The number of aliphatic hydroxyl groups is 2. The van der Waals surface area contributed by atoms with Gasteiger partial charge in [-0.1, -0.05) is 333 Å². The number of aliphatic hydroxyl groups excluding tert-OH is 2. The van der Waals surface area contributed by atoms with E-state index in [1.165, 1.54) is 295 Å². The molecule has 0 aromatic rings. The van der Waals surface area contributed by atoms with Crippen molar-refractivity contribution in [2.45, 2.75) is 386 Å². The van der Waals surface area contributed by atoms with Crippen LogP contribution in [0.5, 0.6) is 0 Å². The van der Waals surface area contributed by atoms with Crippen molar-refractivity contribution in [3.63, 3.8) is 0 Å². The quantitative estimate of drug-likeness (QED) is 0.0320. The number of rotatable bonds is 64. The van der Waals surface area contributed by atoms with Gasteiger partial charge in [0.2, 0.25) is 5.91 Å². The molecule has 3 N–H and O–H groups in total. The zero-order valence-corrected chi connectivity index (χ0v) is 51.3. The second-order valence-corrected chi connectivity index (χ2v) is 23.5. The number of carbonyl (C=O) groups excluding carboxylic acids is 2. The first-order chi connectivity index (χ1) is 37.5. The summed E-state index contributed by atoms with van der Waals surface area (Å²) in [4.78, 5) is 24.6. The normalized spacial score (nSPS) is 12.7. The van der Waals surface area contributed by atoms with Crippen molar-refractivity contribution < 1.29 is 24.5 Å². The number of ether oxygens (including phenoxy) is 1. The van der Waals surface area contributed by atoms with Gasteiger partial charge in [0, 0.05) is 12.8 Å². The fourth-order valence-corrected chi connectivity index (χ4v) is 10.7. The monoisotopic (exact) mass is 1070 g/mol. The fourth-order valence-electron chi connectivity index (χ4n) is 10.7. The molecule has 2 atom stereocenters. The molecule has 0 saturated carbocycles. The number of carbonyl (C=O) groups is 2. The van der Waals surface area contributed by atoms with Crippen LogP contribution < -0.4 is 5.32 Å². The number of esters is 1. The second kappa shape index (κ2) is 65.6. The van der Waals surface area contributed by atoms with Crippen molar-refractivity contribution in [3.8, 4) is 0 Å². The Morgan fingerprint density at radius 3 is 1.03 bits per heavy atom. The molecule has 0 aromatic heterocycles. The first-order valence-corrected chi connectivity index (χ1v) is 34.3. The van der Waals surface area contributed by atoms with Gasteiger partial charge in [-0.15, -0.1) is 0 Å². The zero-order chi connectivity index (χ0) is 55.0. The first-order valence-electron chi connectivity index (χ1n) is 34.3. The van der Waals surface area contributed by atoms with Crippen LogP contribution >= 0.6 is 0 Å².